The highest BCUT2D eigenvalue weighted by Gasteiger charge is 2.39. The second-order valence-corrected chi connectivity index (χ2v) is 7.58. The van der Waals surface area contributed by atoms with Gasteiger partial charge in [-0.3, -0.25) is 4.79 Å². The van der Waals surface area contributed by atoms with Gasteiger partial charge in [0.2, 0.25) is 5.91 Å². The standard InChI is InChI=1S/C21H26N4O3/c1-28-21(27)23-16-10-9-15(12-16)20(26)25-11-5-8-18(25)19-22-13-17(24-19)14-6-3-2-4-7-14/h2-4,6-7,13,15-16,18H,5,8-12H2,1H3,(H,22,24)(H,23,27)/t15-,16+,18-/m0/s1. The number of rotatable bonds is 4. The normalized spacial score (nSPS) is 24.3. The Hall–Kier alpha value is -2.83. The SMILES string of the molecule is COC(=O)N[C@@H]1CC[C@H](C(=O)N2CCC[C@H]2c2ncc(-c3ccccc3)[nH]2)C1. The second kappa shape index (κ2) is 8.04. The van der Waals surface area contributed by atoms with Crippen LogP contribution in [0.2, 0.25) is 0 Å². The molecule has 1 aliphatic carbocycles. The van der Waals surface area contributed by atoms with E-state index in [4.69, 9.17) is 0 Å². The number of alkyl carbamates (subject to hydrolysis) is 1. The Labute approximate surface area is 164 Å². The Morgan fingerprint density at radius 3 is 2.82 bits per heavy atom. The van der Waals surface area contributed by atoms with E-state index < -0.39 is 6.09 Å². The summed E-state index contributed by atoms with van der Waals surface area (Å²) in [6, 6.07) is 10.1. The quantitative estimate of drug-likeness (QED) is 0.850. The van der Waals surface area contributed by atoms with E-state index in [2.05, 4.69) is 20.0 Å². The minimum atomic E-state index is -0.429. The van der Waals surface area contributed by atoms with Crippen molar-refractivity contribution in [3.63, 3.8) is 0 Å². The third-order valence-electron chi connectivity index (χ3n) is 5.82. The Morgan fingerprint density at radius 1 is 1.21 bits per heavy atom. The van der Waals surface area contributed by atoms with Gasteiger partial charge in [0.15, 0.2) is 0 Å². The van der Waals surface area contributed by atoms with Crippen LogP contribution < -0.4 is 5.32 Å². The number of methoxy groups -OCH3 is 1. The number of carbonyl (C=O) groups is 2. The van der Waals surface area contributed by atoms with Crippen molar-refractivity contribution in [2.75, 3.05) is 13.7 Å². The summed E-state index contributed by atoms with van der Waals surface area (Å²) in [6.07, 6.45) is 5.59. The summed E-state index contributed by atoms with van der Waals surface area (Å²) in [5.74, 6) is 0.979. The number of nitrogens with zero attached hydrogens (tertiary/aromatic N) is 2. The van der Waals surface area contributed by atoms with E-state index in [-0.39, 0.29) is 23.9 Å². The topological polar surface area (TPSA) is 87.3 Å². The zero-order valence-corrected chi connectivity index (χ0v) is 16.1. The van der Waals surface area contributed by atoms with E-state index in [9.17, 15) is 9.59 Å². The highest BCUT2D eigenvalue weighted by atomic mass is 16.5. The molecule has 0 spiro atoms. The summed E-state index contributed by atoms with van der Waals surface area (Å²) in [4.78, 5) is 34.5. The fourth-order valence-electron chi connectivity index (χ4n) is 4.38. The lowest BCUT2D eigenvalue weighted by atomic mass is 10.1. The summed E-state index contributed by atoms with van der Waals surface area (Å²) in [5, 5.41) is 2.82. The number of amides is 2. The van der Waals surface area contributed by atoms with Crippen LogP contribution in [0.1, 0.15) is 44.0 Å². The van der Waals surface area contributed by atoms with E-state index in [1.54, 1.807) is 0 Å². The van der Waals surface area contributed by atoms with Gasteiger partial charge < -0.3 is 19.9 Å². The molecule has 2 aromatic rings. The number of aromatic amines is 1. The van der Waals surface area contributed by atoms with Gasteiger partial charge >= 0.3 is 6.09 Å². The maximum absolute atomic E-state index is 13.1. The Morgan fingerprint density at radius 2 is 2.04 bits per heavy atom. The molecule has 1 aliphatic heterocycles. The fraction of sp³-hybridized carbons (Fsp3) is 0.476. The number of aromatic nitrogens is 2. The molecule has 0 radical (unpaired) electrons. The van der Waals surface area contributed by atoms with Gasteiger partial charge in [-0.1, -0.05) is 30.3 Å². The molecule has 1 saturated heterocycles. The summed E-state index contributed by atoms with van der Waals surface area (Å²) < 4.78 is 4.66. The zero-order valence-electron chi connectivity index (χ0n) is 16.1. The number of likely N-dealkylation sites (tertiary alicyclic amines) is 1. The van der Waals surface area contributed by atoms with Gasteiger partial charge in [-0.15, -0.1) is 0 Å². The number of hydrogen-bond acceptors (Lipinski definition) is 4. The molecule has 7 nitrogen and oxygen atoms in total. The molecule has 0 bridgehead atoms. The van der Waals surface area contributed by atoms with Crippen LogP contribution in [0.5, 0.6) is 0 Å². The molecule has 3 atom stereocenters. The lowest BCUT2D eigenvalue weighted by Gasteiger charge is -2.26. The van der Waals surface area contributed by atoms with Crippen molar-refractivity contribution >= 4 is 12.0 Å². The largest absolute Gasteiger partial charge is 0.453 e. The predicted molar refractivity (Wildman–Crippen MR) is 104 cm³/mol. The molecule has 1 aromatic heterocycles. The van der Waals surface area contributed by atoms with Gasteiger partial charge in [-0.25, -0.2) is 9.78 Å². The van der Waals surface area contributed by atoms with Crippen molar-refractivity contribution < 1.29 is 14.3 Å². The summed E-state index contributed by atoms with van der Waals surface area (Å²) in [6.45, 7) is 0.760. The molecule has 2 fully saturated rings. The van der Waals surface area contributed by atoms with Crippen LogP contribution in [-0.4, -0.2) is 46.6 Å². The van der Waals surface area contributed by atoms with Gasteiger partial charge in [-0.05, 0) is 37.7 Å². The number of imidazole rings is 1. The number of benzene rings is 1. The second-order valence-electron chi connectivity index (χ2n) is 7.58. The van der Waals surface area contributed by atoms with Crippen molar-refractivity contribution in [1.29, 1.82) is 0 Å². The number of ether oxygens (including phenoxy) is 1. The number of carbonyl (C=O) groups excluding carboxylic acids is 2. The minimum Gasteiger partial charge on any atom is -0.453 e. The lowest BCUT2D eigenvalue weighted by molar-refractivity contribution is -0.136. The molecule has 2 N–H and O–H groups in total. The van der Waals surface area contributed by atoms with Gasteiger partial charge in [0.25, 0.3) is 0 Å². The van der Waals surface area contributed by atoms with E-state index in [1.165, 1.54) is 7.11 Å². The molecule has 2 amide bonds. The van der Waals surface area contributed by atoms with Crippen molar-refractivity contribution in [2.45, 2.75) is 44.2 Å². The third kappa shape index (κ3) is 3.74. The highest BCUT2D eigenvalue weighted by molar-refractivity contribution is 5.80. The van der Waals surface area contributed by atoms with Crippen LogP contribution in [0.25, 0.3) is 11.3 Å². The molecule has 0 unspecified atom stereocenters. The minimum absolute atomic E-state index is 0.00224. The first-order valence-electron chi connectivity index (χ1n) is 9.91. The van der Waals surface area contributed by atoms with E-state index in [1.807, 2.05) is 41.4 Å². The van der Waals surface area contributed by atoms with Gasteiger partial charge in [-0.2, -0.15) is 0 Å². The van der Waals surface area contributed by atoms with Crippen LogP contribution in [0.4, 0.5) is 4.79 Å². The molecule has 1 aromatic carbocycles. The first kappa shape index (κ1) is 18.5. The molecule has 7 heteroatoms. The van der Waals surface area contributed by atoms with Crippen molar-refractivity contribution in [3.8, 4) is 11.3 Å². The van der Waals surface area contributed by atoms with Crippen LogP contribution >= 0.6 is 0 Å². The van der Waals surface area contributed by atoms with Gasteiger partial charge in [0.1, 0.15) is 5.82 Å². The summed E-state index contributed by atoms with van der Waals surface area (Å²) >= 11 is 0. The van der Waals surface area contributed by atoms with Crippen LogP contribution in [0.15, 0.2) is 36.5 Å². The molecule has 4 rings (SSSR count). The van der Waals surface area contributed by atoms with Crippen LogP contribution in [-0.2, 0) is 9.53 Å². The average Bonchev–Trinajstić information content (AvgIpc) is 3.47. The molecule has 148 valence electrons. The maximum Gasteiger partial charge on any atom is 0.407 e. The molecule has 2 aliphatic rings. The molecule has 1 saturated carbocycles. The van der Waals surface area contributed by atoms with Crippen LogP contribution in [0, 0.1) is 5.92 Å². The van der Waals surface area contributed by atoms with E-state index in [0.717, 1.165) is 49.3 Å². The number of H-pyrrole nitrogens is 1. The maximum atomic E-state index is 13.1. The first-order chi connectivity index (χ1) is 13.7. The molecular weight excluding hydrogens is 356 g/mol. The van der Waals surface area contributed by atoms with E-state index >= 15 is 0 Å². The molecule has 2 heterocycles. The third-order valence-corrected chi connectivity index (χ3v) is 5.82. The lowest BCUT2D eigenvalue weighted by Crippen LogP contribution is -2.37. The summed E-state index contributed by atoms with van der Waals surface area (Å²) in [7, 11) is 1.36. The Kier molecular flexibility index (Phi) is 5.32. The smallest absolute Gasteiger partial charge is 0.407 e. The van der Waals surface area contributed by atoms with Crippen molar-refractivity contribution in [2.24, 2.45) is 5.92 Å². The molecule has 28 heavy (non-hydrogen) atoms. The number of hydrogen-bond donors (Lipinski definition) is 2. The van der Waals surface area contributed by atoms with Gasteiger partial charge in [0.05, 0.1) is 25.0 Å². The van der Waals surface area contributed by atoms with Crippen molar-refractivity contribution in [1.82, 2.24) is 20.2 Å². The highest BCUT2D eigenvalue weighted by Crippen LogP contribution is 2.36. The average molecular weight is 382 g/mol. The van der Waals surface area contributed by atoms with Crippen molar-refractivity contribution in [3.05, 3.63) is 42.4 Å². The zero-order chi connectivity index (χ0) is 19.5. The molecular formula is C21H26N4O3. The first-order valence-corrected chi connectivity index (χ1v) is 9.91. The monoisotopic (exact) mass is 382 g/mol. The Bertz CT molecular complexity index is 835. The fourth-order valence-corrected chi connectivity index (χ4v) is 4.38. The van der Waals surface area contributed by atoms with E-state index in [0.29, 0.717) is 6.42 Å². The Balaban J connectivity index is 1.43. The van der Waals surface area contributed by atoms with Gasteiger partial charge in [0, 0.05) is 18.5 Å². The van der Waals surface area contributed by atoms with Crippen LogP contribution in [0.3, 0.4) is 0 Å². The summed E-state index contributed by atoms with van der Waals surface area (Å²) in [5.41, 5.74) is 2.06. The number of nitrogens with one attached hydrogen (secondary N) is 2. The predicted octanol–water partition coefficient (Wildman–Crippen LogP) is 3.26.